The van der Waals surface area contributed by atoms with Crippen LogP contribution in [0.5, 0.6) is 0 Å². The number of rotatable bonds is 6. The number of nitrogens with zero attached hydrogens (tertiary/aromatic N) is 1. The molecular weight excluding hydrogens is 543 g/mol. The summed E-state index contributed by atoms with van der Waals surface area (Å²) in [6.45, 7) is 2.02. The molecule has 2 N–H and O–H groups in total. The Hall–Kier alpha value is -3.34. The molecule has 37 heavy (non-hydrogen) atoms. The second kappa shape index (κ2) is 11.4. The Balaban J connectivity index is 1.45. The van der Waals surface area contributed by atoms with Crippen molar-refractivity contribution < 1.29 is 22.7 Å². The molecule has 0 bridgehead atoms. The van der Waals surface area contributed by atoms with Crippen molar-refractivity contribution in [1.82, 2.24) is 4.98 Å². The number of benzene rings is 3. The number of hydrogen-bond acceptors (Lipinski definition) is 5. The second-order valence-electron chi connectivity index (χ2n) is 7.64. The Bertz CT molecular complexity index is 1460. The molecular formula is C26H19ClF3N3O2S2. The summed E-state index contributed by atoms with van der Waals surface area (Å²) < 4.78 is 44.5. The van der Waals surface area contributed by atoms with E-state index in [1.54, 1.807) is 25.1 Å². The molecule has 3 aromatic carbocycles. The number of alkyl halides is 3. The Morgan fingerprint density at radius 1 is 1.03 bits per heavy atom. The first kappa shape index (κ1) is 26.7. The first-order chi connectivity index (χ1) is 17.6. The second-order valence-corrected chi connectivity index (χ2v) is 9.55. The van der Waals surface area contributed by atoms with Crippen LogP contribution in [-0.4, -0.2) is 22.7 Å². The van der Waals surface area contributed by atoms with Crippen molar-refractivity contribution in [2.24, 2.45) is 0 Å². The van der Waals surface area contributed by atoms with Crippen LogP contribution in [0.25, 0.3) is 10.9 Å². The van der Waals surface area contributed by atoms with E-state index in [1.165, 1.54) is 17.8 Å². The maximum absolute atomic E-state index is 13.1. The number of esters is 1. The number of thiocarbonyl (C=S) groups is 1. The molecule has 4 rings (SSSR count). The predicted octanol–water partition coefficient (Wildman–Crippen LogP) is 8.04. The van der Waals surface area contributed by atoms with Gasteiger partial charge in [-0.1, -0.05) is 41.6 Å². The molecule has 0 atom stereocenters. The highest BCUT2D eigenvalue weighted by Crippen LogP contribution is 2.36. The highest BCUT2D eigenvalue weighted by atomic mass is 35.5. The van der Waals surface area contributed by atoms with Gasteiger partial charge in [0.2, 0.25) is 0 Å². The van der Waals surface area contributed by atoms with Gasteiger partial charge in [-0.05, 0) is 73.7 Å². The van der Waals surface area contributed by atoms with Crippen molar-refractivity contribution in [2.45, 2.75) is 23.0 Å². The van der Waals surface area contributed by atoms with E-state index >= 15 is 0 Å². The molecule has 0 saturated heterocycles. The first-order valence-corrected chi connectivity index (χ1v) is 12.5. The topological polar surface area (TPSA) is 63.2 Å². The number of pyridine rings is 1. The summed E-state index contributed by atoms with van der Waals surface area (Å²) >= 11 is 12.3. The summed E-state index contributed by atoms with van der Waals surface area (Å²) in [5.74, 6) is -0.411. The van der Waals surface area contributed by atoms with Crippen LogP contribution in [0.2, 0.25) is 5.02 Å². The monoisotopic (exact) mass is 561 g/mol. The van der Waals surface area contributed by atoms with Gasteiger partial charge >= 0.3 is 12.1 Å². The van der Waals surface area contributed by atoms with Gasteiger partial charge in [0, 0.05) is 21.7 Å². The fraction of sp³-hybridized carbons (Fsp3) is 0.115. The molecule has 4 aromatic rings. The highest BCUT2D eigenvalue weighted by molar-refractivity contribution is 7.99. The summed E-state index contributed by atoms with van der Waals surface area (Å²) in [6.07, 6.45) is -4.58. The molecule has 0 saturated carbocycles. The first-order valence-electron chi connectivity index (χ1n) is 10.9. The average Bonchev–Trinajstić information content (AvgIpc) is 2.85. The van der Waals surface area contributed by atoms with Crippen LogP contribution in [0.4, 0.5) is 24.5 Å². The Labute approximate surface area is 225 Å². The number of carbonyl (C=O) groups is 1. The van der Waals surface area contributed by atoms with Gasteiger partial charge in [-0.3, -0.25) is 0 Å². The smallest absolute Gasteiger partial charge is 0.417 e. The van der Waals surface area contributed by atoms with Crippen LogP contribution in [-0.2, 0) is 10.9 Å². The van der Waals surface area contributed by atoms with Gasteiger partial charge in [0.05, 0.1) is 28.3 Å². The quantitative estimate of drug-likeness (QED) is 0.182. The van der Waals surface area contributed by atoms with Crippen LogP contribution >= 0.6 is 35.6 Å². The molecule has 0 radical (unpaired) electrons. The van der Waals surface area contributed by atoms with Crippen LogP contribution < -0.4 is 10.6 Å². The number of ether oxygens (including phenoxy) is 1. The number of anilines is 2. The van der Waals surface area contributed by atoms with Gasteiger partial charge in [0.15, 0.2) is 5.11 Å². The van der Waals surface area contributed by atoms with Crippen LogP contribution in [0, 0.1) is 0 Å². The molecule has 0 aliphatic carbocycles. The third kappa shape index (κ3) is 6.71. The van der Waals surface area contributed by atoms with E-state index in [2.05, 4.69) is 15.6 Å². The van der Waals surface area contributed by atoms with E-state index in [-0.39, 0.29) is 22.4 Å². The maximum atomic E-state index is 13.1. The average molecular weight is 562 g/mol. The van der Waals surface area contributed by atoms with Crippen LogP contribution in [0.3, 0.4) is 0 Å². The molecule has 1 heterocycles. The maximum Gasteiger partial charge on any atom is 0.417 e. The van der Waals surface area contributed by atoms with E-state index < -0.39 is 17.7 Å². The van der Waals surface area contributed by atoms with Gasteiger partial charge in [0.1, 0.15) is 5.03 Å². The molecule has 0 amide bonds. The summed E-state index contributed by atoms with van der Waals surface area (Å²) in [4.78, 5) is 18.0. The molecule has 1 aromatic heterocycles. The van der Waals surface area contributed by atoms with Crippen LogP contribution in [0.1, 0.15) is 22.8 Å². The summed E-state index contributed by atoms with van der Waals surface area (Å²) in [5, 5.41) is 6.74. The number of halogens is 4. The number of fused-ring (bicyclic) bond motifs is 1. The van der Waals surface area contributed by atoms with Crippen LogP contribution in [0.15, 0.2) is 82.7 Å². The van der Waals surface area contributed by atoms with Crippen molar-refractivity contribution >= 4 is 68.9 Å². The minimum absolute atomic E-state index is 0.117. The van der Waals surface area contributed by atoms with Gasteiger partial charge in [-0.2, -0.15) is 13.2 Å². The lowest BCUT2D eigenvalue weighted by atomic mass is 10.1. The molecule has 0 fully saturated rings. The molecule has 0 unspecified atom stereocenters. The standard InChI is InChI=1S/C26H19ClF3N3O2S2/c1-2-35-24(34)19-14-23(33-22-6-4-3-5-18(19)22)37-17-10-7-15(8-11-17)31-25(36)32-16-9-12-21(27)20(13-16)26(28,29)30/h3-14H,2H2,1H3,(H2,31,32,36). The number of aromatic nitrogens is 1. The zero-order valence-electron chi connectivity index (χ0n) is 19.2. The largest absolute Gasteiger partial charge is 0.462 e. The van der Waals surface area contributed by atoms with Gasteiger partial charge in [-0.15, -0.1) is 0 Å². The molecule has 0 aliphatic rings. The fourth-order valence-electron chi connectivity index (χ4n) is 3.42. The van der Waals surface area contributed by atoms with Crippen molar-refractivity contribution in [3.05, 3.63) is 88.9 Å². The van der Waals surface area contributed by atoms with Crippen molar-refractivity contribution in [1.29, 1.82) is 0 Å². The zero-order valence-corrected chi connectivity index (χ0v) is 21.6. The Morgan fingerprint density at radius 3 is 2.41 bits per heavy atom. The zero-order chi connectivity index (χ0) is 26.6. The lowest BCUT2D eigenvalue weighted by Gasteiger charge is -2.14. The van der Waals surface area contributed by atoms with Crippen molar-refractivity contribution in [3.63, 3.8) is 0 Å². The number of hydrogen-bond donors (Lipinski definition) is 2. The summed E-state index contributed by atoms with van der Waals surface area (Å²) in [6, 6.07) is 19.7. The number of nitrogens with one attached hydrogen (secondary N) is 2. The number of para-hydroxylation sites is 1. The lowest BCUT2D eigenvalue weighted by Crippen LogP contribution is -2.19. The fourth-order valence-corrected chi connectivity index (χ4v) is 4.72. The molecule has 11 heteroatoms. The molecule has 0 spiro atoms. The number of carbonyl (C=O) groups excluding carboxylic acids is 1. The Kier molecular flexibility index (Phi) is 8.21. The minimum atomic E-state index is -4.58. The van der Waals surface area contributed by atoms with E-state index in [0.717, 1.165) is 17.0 Å². The highest BCUT2D eigenvalue weighted by Gasteiger charge is 2.33. The predicted molar refractivity (Wildman–Crippen MR) is 145 cm³/mol. The van der Waals surface area contributed by atoms with E-state index in [9.17, 15) is 18.0 Å². The van der Waals surface area contributed by atoms with Gasteiger partial charge in [-0.25, -0.2) is 9.78 Å². The Morgan fingerprint density at radius 2 is 1.70 bits per heavy atom. The van der Waals surface area contributed by atoms with Crippen molar-refractivity contribution in [3.8, 4) is 0 Å². The van der Waals surface area contributed by atoms with Crippen molar-refractivity contribution in [2.75, 3.05) is 17.2 Å². The molecule has 0 aliphatic heterocycles. The molecule has 5 nitrogen and oxygen atoms in total. The lowest BCUT2D eigenvalue weighted by molar-refractivity contribution is -0.137. The summed E-state index contributed by atoms with van der Waals surface area (Å²) in [5.41, 5.74) is 0.963. The van der Waals surface area contributed by atoms with E-state index in [1.807, 2.05) is 36.4 Å². The molecule has 190 valence electrons. The third-order valence-corrected chi connectivity index (χ3v) is 6.51. The normalized spacial score (nSPS) is 11.3. The van der Waals surface area contributed by atoms with Gasteiger partial charge < -0.3 is 15.4 Å². The van der Waals surface area contributed by atoms with E-state index in [0.29, 0.717) is 27.2 Å². The SMILES string of the molecule is CCOC(=O)c1cc(Sc2ccc(NC(=S)Nc3ccc(Cl)c(C(F)(F)F)c3)cc2)nc2ccccc12. The van der Waals surface area contributed by atoms with Gasteiger partial charge in [0.25, 0.3) is 0 Å². The third-order valence-electron chi connectivity index (χ3n) is 5.05. The summed E-state index contributed by atoms with van der Waals surface area (Å²) in [7, 11) is 0. The minimum Gasteiger partial charge on any atom is -0.462 e. The van der Waals surface area contributed by atoms with E-state index in [4.69, 9.17) is 28.6 Å².